The van der Waals surface area contributed by atoms with Gasteiger partial charge >= 0.3 is 0 Å². The Morgan fingerprint density at radius 1 is 1.12 bits per heavy atom. The number of hydrogen-bond acceptors (Lipinski definition) is 2. The smallest absolute Gasteiger partial charge is 0.240 e. The van der Waals surface area contributed by atoms with Gasteiger partial charge in [0.15, 0.2) is 5.43 Å². The monoisotopic (exact) mass is 340 g/mol. The summed E-state index contributed by atoms with van der Waals surface area (Å²) in [5, 5.41) is 3.97. The van der Waals surface area contributed by atoms with Crippen LogP contribution in [0.1, 0.15) is 11.1 Å². The Morgan fingerprint density at radius 2 is 1.88 bits per heavy atom. The van der Waals surface area contributed by atoms with Gasteiger partial charge in [-0.05, 0) is 30.7 Å². The molecule has 1 N–H and O–H groups in total. The Kier molecular flexibility index (Phi) is 4.67. The molecule has 0 aliphatic rings. The summed E-state index contributed by atoms with van der Waals surface area (Å²) in [5.74, 6) is -0.125. The molecule has 3 aromatic rings. The van der Waals surface area contributed by atoms with E-state index in [1.807, 2.05) is 31.2 Å². The van der Waals surface area contributed by atoms with E-state index in [9.17, 15) is 9.59 Å². The van der Waals surface area contributed by atoms with Gasteiger partial charge in [-0.25, -0.2) is 0 Å². The zero-order valence-electron chi connectivity index (χ0n) is 13.3. The first-order chi connectivity index (χ1) is 11.5. The number of hydrogen-bond donors (Lipinski definition) is 1. The highest BCUT2D eigenvalue weighted by molar-refractivity contribution is 6.31. The number of nitrogens with one attached hydrogen (secondary N) is 1. The van der Waals surface area contributed by atoms with Crippen molar-refractivity contribution in [3.8, 4) is 0 Å². The summed E-state index contributed by atoms with van der Waals surface area (Å²) in [5.41, 5.74) is 2.79. The molecule has 1 aromatic heterocycles. The largest absolute Gasteiger partial charge is 0.350 e. The molecule has 0 spiro atoms. The van der Waals surface area contributed by atoms with Crippen molar-refractivity contribution >= 4 is 28.4 Å². The molecule has 0 aliphatic carbocycles. The van der Waals surface area contributed by atoms with Crippen molar-refractivity contribution in [1.82, 2.24) is 9.88 Å². The number of amides is 1. The van der Waals surface area contributed by atoms with Gasteiger partial charge in [0, 0.05) is 29.2 Å². The molecule has 5 heteroatoms. The number of halogens is 1. The maximum Gasteiger partial charge on any atom is 0.240 e. The first kappa shape index (κ1) is 16.3. The summed E-state index contributed by atoms with van der Waals surface area (Å²) < 4.78 is 1.73. The number of rotatable bonds is 4. The molecule has 0 atom stereocenters. The molecule has 0 bridgehead atoms. The highest BCUT2D eigenvalue weighted by Gasteiger charge is 2.07. The molecule has 1 heterocycles. The highest BCUT2D eigenvalue weighted by atomic mass is 35.5. The van der Waals surface area contributed by atoms with Crippen LogP contribution in [0.15, 0.2) is 59.5 Å². The summed E-state index contributed by atoms with van der Waals surface area (Å²) in [6.07, 6.45) is 1.62. The van der Waals surface area contributed by atoms with Gasteiger partial charge in [-0.2, -0.15) is 0 Å². The molecule has 0 unspecified atom stereocenters. The fourth-order valence-electron chi connectivity index (χ4n) is 2.53. The molecule has 4 nitrogen and oxygen atoms in total. The summed E-state index contributed by atoms with van der Waals surface area (Å²) in [6.45, 7) is 2.62. The quantitative estimate of drug-likeness (QED) is 0.792. The van der Waals surface area contributed by atoms with Crippen LogP contribution in [0.2, 0.25) is 5.02 Å². The number of carbonyl (C=O) groups excluding carboxylic acids is 1. The van der Waals surface area contributed by atoms with Crippen LogP contribution in [-0.4, -0.2) is 10.5 Å². The zero-order chi connectivity index (χ0) is 17.1. The summed E-state index contributed by atoms with van der Waals surface area (Å²) in [7, 11) is 0. The van der Waals surface area contributed by atoms with Gasteiger partial charge in [0.25, 0.3) is 0 Å². The lowest BCUT2D eigenvalue weighted by Crippen LogP contribution is -2.27. The van der Waals surface area contributed by atoms with Gasteiger partial charge in [-0.15, -0.1) is 0 Å². The van der Waals surface area contributed by atoms with Crippen LogP contribution in [0, 0.1) is 6.92 Å². The summed E-state index contributed by atoms with van der Waals surface area (Å²) in [6, 6.07) is 14.5. The predicted octanol–water partition coefficient (Wildman–Crippen LogP) is 3.28. The summed E-state index contributed by atoms with van der Waals surface area (Å²) >= 11 is 6.02. The third kappa shape index (κ3) is 3.66. The lowest BCUT2D eigenvalue weighted by atomic mass is 10.1. The number of fused-ring (bicyclic) bond motifs is 1. The zero-order valence-corrected chi connectivity index (χ0v) is 14.0. The predicted molar refractivity (Wildman–Crippen MR) is 96.2 cm³/mol. The average Bonchev–Trinajstić information content (AvgIpc) is 2.57. The van der Waals surface area contributed by atoms with Crippen molar-refractivity contribution in [3.63, 3.8) is 0 Å². The van der Waals surface area contributed by atoms with Gasteiger partial charge in [0.1, 0.15) is 6.54 Å². The fraction of sp³-hybridized carbons (Fsp3) is 0.158. The van der Waals surface area contributed by atoms with Gasteiger partial charge in [0.2, 0.25) is 5.91 Å². The normalized spacial score (nSPS) is 10.8. The standard InChI is InChI=1S/C19H17ClN2O2/c1-13-2-4-14(5-3-13)11-21-19(24)12-22-9-8-18(23)16-7-6-15(20)10-17(16)22/h2-10H,11-12H2,1H3,(H,21,24). The topological polar surface area (TPSA) is 51.1 Å². The molecule has 3 rings (SSSR count). The second-order valence-electron chi connectivity index (χ2n) is 5.73. The van der Waals surface area contributed by atoms with Crippen LogP contribution in [-0.2, 0) is 17.9 Å². The van der Waals surface area contributed by atoms with Crippen molar-refractivity contribution in [2.45, 2.75) is 20.0 Å². The molecular formula is C19H17ClN2O2. The van der Waals surface area contributed by atoms with E-state index in [2.05, 4.69) is 5.32 Å². The van der Waals surface area contributed by atoms with Gasteiger partial charge in [0.05, 0.1) is 5.52 Å². The number of aryl methyl sites for hydroxylation is 1. The second kappa shape index (κ2) is 6.89. The minimum absolute atomic E-state index is 0.0852. The molecule has 0 saturated heterocycles. The van der Waals surface area contributed by atoms with Gasteiger partial charge in [-0.1, -0.05) is 41.4 Å². The fourth-order valence-corrected chi connectivity index (χ4v) is 2.70. The van der Waals surface area contributed by atoms with E-state index in [4.69, 9.17) is 11.6 Å². The number of pyridine rings is 1. The second-order valence-corrected chi connectivity index (χ2v) is 6.17. The Labute approximate surface area is 144 Å². The molecule has 0 fully saturated rings. The third-order valence-corrected chi connectivity index (χ3v) is 4.10. The Hall–Kier alpha value is -2.59. The number of carbonyl (C=O) groups is 1. The van der Waals surface area contributed by atoms with E-state index >= 15 is 0 Å². The Bertz CT molecular complexity index is 946. The van der Waals surface area contributed by atoms with Crippen molar-refractivity contribution in [3.05, 3.63) is 81.1 Å². The van der Waals surface area contributed by atoms with Crippen molar-refractivity contribution in [2.24, 2.45) is 0 Å². The van der Waals surface area contributed by atoms with E-state index in [1.54, 1.807) is 29.0 Å². The Balaban J connectivity index is 1.76. The molecule has 2 aromatic carbocycles. The number of aromatic nitrogens is 1. The van der Waals surface area contributed by atoms with E-state index in [-0.39, 0.29) is 17.9 Å². The van der Waals surface area contributed by atoms with Crippen LogP contribution >= 0.6 is 11.6 Å². The third-order valence-electron chi connectivity index (χ3n) is 3.86. The van der Waals surface area contributed by atoms with Crippen LogP contribution in [0.25, 0.3) is 10.9 Å². The van der Waals surface area contributed by atoms with Crippen LogP contribution in [0.4, 0.5) is 0 Å². The molecule has 1 amide bonds. The van der Waals surface area contributed by atoms with Crippen LogP contribution < -0.4 is 10.7 Å². The molecule has 24 heavy (non-hydrogen) atoms. The van der Waals surface area contributed by atoms with Crippen LogP contribution in [0.3, 0.4) is 0 Å². The van der Waals surface area contributed by atoms with Crippen molar-refractivity contribution in [1.29, 1.82) is 0 Å². The average molecular weight is 341 g/mol. The molecule has 0 aliphatic heterocycles. The maximum absolute atomic E-state index is 12.2. The molecule has 122 valence electrons. The minimum Gasteiger partial charge on any atom is -0.350 e. The van der Waals surface area contributed by atoms with E-state index in [0.717, 1.165) is 5.56 Å². The minimum atomic E-state index is -0.125. The van der Waals surface area contributed by atoms with Crippen molar-refractivity contribution < 1.29 is 4.79 Å². The highest BCUT2D eigenvalue weighted by Crippen LogP contribution is 2.16. The lowest BCUT2D eigenvalue weighted by Gasteiger charge is -2.11. The molecule has 0 saturated carbocycles. The van der Waals surface area contributed by atoms with E-state index < -0.39 is 0 Å². The maximum atomic E-state index is 12.2. The molecular weight excluding hydrogens is 324 g/mol. The first-order valence-electron chi connectivity index (χ1n) is 7.64. The van der Waals surface area contributed by atoms with Gasteiger partial charge < -0.3 is 9.88 Å². The molecule has 0 radical (unpaired) electrons. The van der Waals surface area contributed by atoms with E-state index in [1.165, 1.54) is 11.6 Å². The number of benzene rings is 2. The SMILES string of the molecule is Cc1ccc(CNC(=O)Cn2ccc(=O)c3ccc(Cl)cc32)cc1. The van der Waals surface area contributed by atoms with Crippen LogP contribution in [0.5, 0.6) is 0 Å². The summed E-state index contributed by atoms with van der Waals surface area (Å²) in [4.78, 5) is 24.1. The lowest BCUT2D eigenvalue weighted by molar-refractivity contribution is -0.121. The first-order valence-corrected chi connectivity index (χ1v) is 8.02. The van der Waals surface area contributed by atoms with Gasteiger partial charge in [-0.3, -0.25) is 9.59 Å². The van der Waals surface area contributed by atoms with Crippen molar-refractivity contribution in [2.75, 3.05) is 0 Å². The number of nitrogens with zero attached hydrogens (tertiary/aromatic N) is 1. The van der Waals surface area contributed by atoms with E-state index in [0.29, 0.717) is 22.5 Å². The Morgan fingerprint density at radius 3 is 2.62 bits per heavy atom.